The zero-order valence-corrected chi connectivity index (χ0v) is 12.2. The molecule has 0 aliphatic rings. The third-order valence-corrected chi connectivity index (χ3v) is 3.45. The average Bonchev–Trinajstić information content (AvgIpc) is 2.74. The van der Waals surface area contributed by atoms with Crippen molar-refractivity contribution in [3.05, 3.63) is 45.9 Å². The fourth-order valence-electron chi connectivity index (χ4n) is 1.88. The van der Waals surface area contributed by atoms with Gasteiger partial charge in [-0.1, -0.05) is 40.2 Å². The smallest absolute Gasteiger partial charge is 0.356 e. The Morgan fingerprint density at radius 3 is 2.84 bits per heavy atom. The molecule has 0 aliphatic heterocycles. The van der Waals surface area contributed by atoms with Crippen molar-refractivity contribution in [3.63, 3.8) is 0 Å². The van der Waals surface area contributed by atoms with Crippen LogP contribution in [0.5, 0.6) is 0 Å². The molecule has 0 unspecified atom stereocenters. The molecule has 1 heterocycles. The lowest BCUT2D eigenvalue weighted by atomic mass is 10.0. The fraction of sp³-hybridized carbons (Fsp3) is 0.231. The summed E-state index contributed by atoms with van der Waals surface area (Å²) >= 11 is 3.37. The molecule has 1 aromatic carbocycles. The van der Waals surface area contributed by atoms with Gasteiger partial charge in [-0.15, -0.1) is 0 Å². The molecule has 1 N–H and O–H groups in total. The molecule has 6 heteroatoms. The fourth-order valence-corrected chi connectivity index (χ4v) is 2.23. The quantitative estimate of drug-likeness (QED) is 0.694. The van der Waals surface area contributed by atoms with Crippen molar-refractivity contribution in [2.75, 3.05) is 7.11 Å². The van der Waals surface area contributed by atoms with E-state index < -0.39 is 5.97 Å². The summed E-state index contributed by atoms with van der Waals surface area (Å²) in [5.41, 5.74) is 1.96. The minimum Gasteiger partial charge on any atom is -0.464 e. The molecule has 0 saturated carbocycles. The number of carbonyl (C=O) groups is 1. The van der Waals surface area contributed by atoms with Gasteiger partial charge in [0.25, 0.3) is 5.56 Å². The SMILES string of the molecule is COC(=O)c1[nH]n(C)c(=O)c1-c1cccc(CBr)c1. The first-order valence-electron chi connectivity index (χ1n) is 5.61. The van der Waals surface area contributed by atoms with Gasteiger partial charge in [0.2, 0.25) is 0 Å². The molecule has 100 valence electrons. The Bertz CT molecular complexity index is 673. The number of aromatic amines is 1. The normalized spacial score (nSPS) is 10.5. The van der Waals surface area contributed by atoms with Gasteiger partial charge >= 0.3 is 5.97 Å². The van der Waals surface area contributed by atoms with Crippen LogP contribution in [0.4, 0.5) is 0 Å². The maximum atomic E-state index is 12.1. The van der Waals surface area contributed by atoms with Gasteiger partial charge in [0.15, 0.2) is 5.69 Å². The van der Waals surface area contributed by atoms with E-state index in [1.807, 2.05) is 18.2 Å². The number of aromatic nitrogens is 2. The van der Waals surface area contributed by atoms with E-state index in [0.717, 1.165) is 5.56 Å². The number of methoxy groups -OCH3 is 1. The average molecular weight is 325 g/mol. The molecule has 0 aliphatic carbocycles. The van der Waals surface area contributed by atoms with Crippen molar-refractivity contribution >= 4 is 21.9 Å². The van der Waals surface area contributed by atoms with Crippen LogP contribution in [0.15, 0.2) is 29.1 Å². The summed E-state index contributed by atoms with van der Waals surface area (Å²) in [6.45, 7) is 0. The zero-order valence-electron chi connectivity index (χ0n) is 10.6. The Labute approximate surface area is 118 Å². The first kappa shape index (κ1) is 13.6. The number of esters is 1. The largest absolute Gasteiger partial charge is 0.464 e. The number of alkyl halides is 1. The predicted molar refractivity (Wildman–Crippen MR) is 75.4 cm³/mol. The second-order valence-electron chi connectivity index (χ2n) is 4.05. The van der Waals surface area contributed by atoms with E-state index in [0.29, 0.717) is 16.5 Å². The molecular weight excluding hydrogens is 312 g/mol. The molecule has 5 nitrogen and oxygen atoms in total. The Kier molecular flexibility index (Phi) is 3.90. The summed E-state index contributed by atoms with van der Waals surface area (Å²) in [7, 11) is 2.85. The first-order valence-corrected chi connectivity index (χ1v) is 6.73. The Morgan fingerprint density at radius 2 is 2.21 bits per heavy atom. The molecule has 2 aromatic rings. The van der Waals surface area contributed by atoms with Crippen LogP contribution in [0.25, 0.3) is 11.1 Å². The van der Waals surface area contributed by atoms with Crippen LogP contribution in [0, 0.1) is 0 Å². The number of rotatable bonds is 3. The number of nitrogens with zero attached hydrogens (tertiary/aromatic N) is 1. The topological polar surface area (TPSA) is 64.1 Å². The van der Waals surface area contributed by atoms with Gasteiger partial charge in [-0.2, -0.15) is 0 Å². The summed E-state index contributed by atoms with van der Waals surface area (Å²) in [4.78, 5) is 23.8. The predicted octanol–water partition coefficient (Wildman–Crippen LogP) is 2.06. The van der Waals surface area contributed by atoms with Gasteiger partial charge in [-0.25, -0.2) is 4.79 Å². The number of benzene rings is 1. The van der Waals surface area contributed by atoms with Crippen molar-refractivity contribution in [2.24, 2.45) is 7.05 Å². The maximum absolute atomic E-state index is 12.1. The van der Waals surface area contributed by atoms with Crippen molar-refractivity contribution < 1.29 is 9.53 Å². The lowest BCUT2D eigenvalue weighted by molar-refractivity contribution is 0.0594. The number of nitrogens with one attached hydrogen (secondary N) is 1. The summed E-state index contributed by atoms with van der Waals surface area (Å²) in [6, 6.07) is 7.45. The summed E-state index contributed by atoms with van der Waals surface area (Å²) in [6.07, 6.45) is 0. The van der Waals surface area contributed by atoms with Crippen LogP contribution >= 0.6 is 15.9 Å². The Morgan fingerprint density at radius 1 is 1.47 bits per heavy atom. The van der Waals surface area contributed by atoms with Gasteiger partial charge < -0.3 is 4.74 Å². The van der Waals surface area contributed by atoms with Crippen LogP contribution in [-0.4, -0.2) is 22.9 Å². The summed E-state index contributed by atoms with van der Waals surface area (Å²) in [5.74, 6) is -0.558. The number of hydrogen-bond acceptors (Lipinski definition) is 3. The number of ether oxygens (including phenoxy) is 1. The van der Waals surface area contributed by atoms with Crippen LogP contribution in [0.3, 0.4) is 0 Å². The molecule has 0 atom stereocenters. The van der Waals surface area contributed by atoms with E-state index in [-0.39, 0.29) is 11.3 Å². The molecule has 0 amide bonds. The van der Waals surface area contributed by atoms with Gasteiger partial charge in [0.1, 0.15) is 0 Å². The highest BCUT2D eigenvalue weighted by atomic mass is 79.9. The van der Waals surface area contributed by atoms with Crippen molar-refractivity contribution in [1.29, 1.82) is 0 Å². The van der Waals surface area contributed by atoms with Crippen LogP contribution in [0.1, 0.15) is 16.1 Å². The number of carbonyl (C=O) groups excluding carboxylic acids is 1. The highest BCUT2D eigenvalue weighted by Gasteiger charge is 2.21. The van der Waals surface area contributed by atoms with Gasteiger partial charge in [0, 0.05) is 12.4 Å². The van der Waals surface area contributed by atoms with Crippen molar-refractivity contribution in [3.8, 4) is 11.1 Å². The highest BCUT2D eigenvalue weighted by molar-refractivity contribution is 9.08. The molecule has 0 radical (unpaired) electrons. The molecule has 0 saturated heterocycles. The van der Waals surface area contributed by atoms with Crippen LogP contribution in [-0.2, 0) is 17.1 Å². The minimum atomic E-state index is -0.558. The molecule has 1 aromatic heterocycles. The maximum Gasteiger partial charge on any atom is 0.356 e. The molecule has 19 heavy (non-hydrogen) atoms. The third kappa shape index (κ3) is 2.49. The zero-order chi connectivity index (χ0) is 14.0. The molecule has 0 spiro atoms. The summed E-state index contributed by atoms with van der Waals surface area (Å²) < 4.78 is 5.96. The van der Waals surface area contributed by atoms with E-state index in [1.165, 1.54) is 11.8 Å². The van der Waals surface area contributed by atoms with Crippen molar-refractivity contribution in [2.45, 2.75) is 5.33 Å². The summed E-state index contributed by atoms with van der Waals surface area (Å²) in [5, 5.41) is 3.40. The van der Waals surface area contributed by atoms with E-state index in [9.17, 15) is 9.59 Å². The second-order valence-corrected chi connectivity index (χ2v) is 4.61. The standard InChI is InChI=1S/C13H13BrN2O3/c1-16-12(17)10(11(15-16)13(18)19-2)9-5-3-4-8(6-9)7-14/h3-6,15H,7H2,1-2H3. The molecular formula is C13H13BrN2O3. The van der Waals surface area contributed by atoms with Gasteiger partial charge in [0.05, 0.1) is 12.7 Å². The van der Waals surface area contributed by atoms with Crippen molar-refractivity contribution in [1.82, 2.24) is 9.78 Å². The van der Waals surface area contributed by atoms with E-state index in [1.54, 1.807) is 13.1 Å². The van der Waals surface area contributed by atoms with E-state index in [2.05, 4.69) is 21.0 Å². The lowest BCUT2D eigenvalue weighted by Gasteiger charge is -2.02. The number of halogens is 1. The van der Waals surface area contributed by atoms with E-state index in [4.69, 9.17) is 4.74 Å². The highest BCUT2D eigenvalue weighted by Crippen LogP contribution is 2.21. The van der Waals surface area contributed by atoms with Gasteiger partial charge in [-0.05, 0) is 11.1 Å². The monoisotopic (exact) mass is 324 g/mol. The number of hydrogen-bond donors (Lipinski definition) is 1. The van der Waals surface area contributed by atoms with E-state index >= 15 is 0 Å². The van der Waals surface area contributed by atoms with Crippen LogP contribution in [0.2, 0.25) is 0 Å². The molecule has 0 bridgehead atoms. The Balaban J connectivity index is 2.66. The minimum absolute atomic E-state index is 0.168. The number of H-pyrrole nitrogens is 1. The Hall–Kier alpha value is -1.82. The third-order valence-electron chi connectivity index (χ3n) is 2.81. The number of aryl methyl sites for hydroxylation is 1. The second kappa shape index (κ2) is 5.44. The first-order chi connectivity index (χ1) is 9.08. The van der Waals surface area contributed by atoms with Gasteiger partial charge in [-0.3, -0.25) is 14.6 Å². The molecule has 0 fully saturated rings. The molecule has 2 rings (SSSR count). The lowest BCUT2D eigenvalue weighted by Crippen LogP contribution is -2.13. The van der Waals surface area contributed by atoms with Crippen LogP contribution < -0.4 is 5.56 Å².